The van der Waals surface area contributed by atoms with E-state index in [1.165, 1.54) is 142 Å². The molecule has 0 saturated carbocycles. The summed E-state index contributed by atoms with van der Waals surface area (Å²) in [6.45, 7) is 3.26. The van der Waals surface area contributed by atoms with Crippen LogP contribution in [-0.2, 0) is 78.4 Å². The number of halogens is 9. The fourth-order valence-electron chi connectivity index (χ4n) is 12.8. The van der Waals surface area contributed by atoms with Gasteiger partial charge in [0.05, 0.1) is 110 Å². The summed E-state index contributed by atoms with van der Waals surface area (Å²) in [5.74, 6) is -8.29. The van der Waals surface area contributed by atoms with E-state index in [2.05, 4.69) is 30.2 Å². The maximum atomic E-state index is 18.0. The van der Waals surface area contributed by atoms with Gasteiger partial charge < -0.3 is 28.4 Å². The Kier molecular flexibility index (Phi) is 29.2. The third-order valence-corrected chi connectivity index (χ3v) is 24.4. The number of benzene rings is 6. The predicted octanol–water partition coefficient (Wildman–Crippen LogP) is 16.1. The first kappa shape index (κ1) is 84.5. The normalized spacial score (nSPS) is 20.7. The number of hydrogen-bond donors (Lipinski definition) is 0. The van der Waals surface area contributed by atoms with E-state index in [1.807, 2.05) is 18.2 Å². The zero-order valence-corrected chi connectivity index (χ0v) is 64.8. The second kappa shape index (κ2) is 39.7. The molecule has 21 nitrogen and oxygen atoms in total. The molecule has 0 aliphatic carbocycles. The molecule has 3 fully saturated rings. The Morgan fingerprint density at radius 3 is 0.922 bits per heavy atom. The van der Waals surface area contributed by atoms with E-state index in [0.717, 1.165) is 54.6 Å². The third-order valence-electron chi connectivity index (χ3n) is 18.7. The van der Waals surface area contributed by atoms with Crippen molar-refractivity contribution in [3.63, 3.8) is 0 Å². The fourth-order valence-corrected chi connectivity index (χ4v) is 18.9. The van der Waals surface area contributed by atoms with Gasteiger partial charge >= 0.3 is 8.60 Å². The summed E-state index contributed by atoms with van der Waals surface area (Å²) in [7, 11) is -3.63. The highest BCUT2D eigenvalue weighted by atomic mass is 32.2. The van der Waals surface area contributed by atoms with Gasteiger partial charge in [0.25, 0.3) is 0 Å². The molecule has 12 rings (SSSR count). The van der Waals surface area contributed by atoms with Crippen LogP contribution in [0.3, 0.4) is 0 Å². The summed E-state index contributed by atoms with van der Waals surface area (Å²) in [6, 6.07) is 26.3. The quantitative estimate of drug-likeness (QED) is 0.0211. The fraction of sp³-hybridized carbons (Fsp3) is 0.296. The van der Waals surface area contributed by atoms with Gasteiger partial charge in [0.2, 0.25) is 0 Å². The van der Waals surface area contributed by atoms with Crippen molar-refractivity contribution < 1.29 is 81.5 Å². The van der Waals surface area contributed by atoms with E-state index < -0.39 is 148 Å². The van der Waals surface area contributed by atoms with Crippen LogP contribution in [-0.4, -0.2) is 134 Å². The number of rotatable bonds is 33. The molecule has 34 heteroatoms. The standard InChI is InChI=1S/C81H72F9N12O9PS3/c1-52(113-64-37-103-76(104-38-64)13-7-4-10-58-19-16-55(34-91)28-70(58)85)79(43-100-49-94-46-97-100,67-25-22-61(82)31-73(67)88)109-112(110-80(44-101-50-95-47-98-101,68-26-23-62(83)32-74(68)89)53(2)114-65-39-105-77(106-40-65)14-8-5-11-59-20-17-56(35-92)29-71(59)86)111-81(45-102-51-96-48-99-102,69-27-24-63(84)33-75(69)90)54(3)115-66-41-107-78(108-42-66)15-9-6-12-60-21-18-57(36-93)30-72(60)87/h4-33,46-54,64-66,76-78H,37-45H2,1-3H3/b10-4+,11-5+,12-6+,13-7+,14-8+,15-9+/t52-,53-,54-,64-,65-,66-,76-,77-,78-,79-,80-,81-/m1/s1. The summed E-state index contributed by atoms with van der Waals surface area (Å²) in [6.07, 6.45) is 23.5. The van der Waals surface area contributed by atoms with Crippen molar-refractivity contribution in [1.82, 2.24) is 44.3 Å². The van der Waals surface area contributed by atoms with Gasteiger partial charge in [0.1, 0.15) is 107 Å². The maximum Gasteiger partial charge on any atom is 0.335 e. The molecule has 0 radical (unpaired) electrons. The van der Waals surface area contributed by atoms with Crippen LogP contribution in [0.2, 0.25) is 0 Å². The van der Waals surface area contributed by atoms with E-state index in [0.29, 0.717) is 18.2 Å². The molecular formula is C81H72F9N12O9PS3. The highest BCUT2D eigenvalue weighted by Crippen LogP contribution is 2.62. The van der Waals surface area contributed by atoms with Gasteiger partial charge in [-0.3, -0.25) is 13.6 Å². The van der Waals surface area contributed by atoms with Gasteiger partial charge in [-0.25, -0.2) is 68.5 Å². The van der Waals surface area contributed by atoms with Crippen LogP contribution >= 0.6 is 43.9 Å². The first-order chi connectivity index (χ1) is 55.6. The number of thioether (sulfide) groups is 3. The Morgan fingerprint density at radius 1 is 0.409 bits per heavy atom. The highest BCUT2D eigenvalue weighted by Gasteiger charge is 2.56. The lowest BCUT2D eigenvalue weighted by Crippen LogP contribution is -2.50. The zero-order valence-electron chi connectivity index (χ0n) is 61.5. The third kappa shape index (κ3) is 21.6. The first-order valence-corrected chi connectivity index (χ1v) is 39.6. The minimum atomic E-state index is -3.63. The van der Waals surface area contributed by atoms with Gasteiger partial charge in [-0.05, 0) is 72.8 Å². The summed E-state index contributed by atoms with van der Waals surface area (Å²) >= 11 is 3.51. The summed E-state index contributed by atoms with van der Waals surface area (Å²) in [4.78, 5) is 12.7. The van der Waals surface area contributed by atoms with Crippen molar-refractivity contribution in [3.8, 4) is 18.2 Å². The minimum Gasteiger partial charge on any atom is -0.348 e. The molecule has 6 atom stereocenters. The van der Waals surface area contributed by atoms with Crippen LogP contribution in [0.15, 0.2) is 202 Å². The molecule has 115 heavy (non-hydrogen) atoms. The molecule has 0 amide bonds. The molecular weight excluding hydrogens is 1580 g/mol. The van der Waals surface area contributed by atoms with Crippen LogP contribution < -0.4 is 0 Å². The summed E-state index contributed by atoms with van der Waals surface area (Å²) < 4.78 is 211. The van der Waals surface area contributed by atoms with Gasteiger partial charge in [-0.15, -0.1) is 35.3 Å². The topological polar surface area (TPSA) is 247 Å². The van der Waals surface area contributed by atoms with Gasteiger partial charge in [0.15, 0.2) is 18.9 Å². The molecule has 0 N–H and O–H groups in total. The van der Waals surface area contributed by atoms with Crippen molar-refractivity contribution in [1.29, 1.82) is 15.8 Å². The summed E-state index contributed by atoms with van der Waals surface area (Å²) in [5, 5.41) is 35.8. The number of ether oxygens (including phenoxy) is 6. The second-order valence-corrected chi connectivity index (χ2v) is 32.3. The molecule has 3 aliphatic rings. The second-order valence-electron chi connectivity index (χ2n) is 26.4. The monoisotopic (exact) mass is 1650 g/mol. The molecule has 0 bridgehead atoms. The Labute approximate surface area is 669 Å². The van der Waals surface area contributed by atoms with Crippen LogP contribution in [0.25, 0.3) is 18.2 Å². The van der Waals surface area contributed by atoms with Gasteiger partial charge in [-0.1, -0.05) is 112 Å². The van der Waals surface area contributed by atoms with Gasteiger partial charge in [0, 0.05) is 67.3 Å². The summed E-state index contributed by atoms with van der Waals surface area (Å²) in [5.41, 5.74) is -6.83. The number of nitriles is 3. The zero-order chi connectivity index (χ0) is 81.1. The molecule has 0 unspecified atom stereocenters. The molecule has 0 spiro atoms. The van der Waals surface area contributed by atoms with E-state index in [1.54, 1.807) is 75.5 Å². The van der Waals surface area contributed by atoms with E-state index in [-0.39, 0.29) is 89.7 Å². The highest BCUT2D eigenvalue weighted by molar-refractivity contribution is 8.01. The Balaban J connectivity index is 0.965. The van der Waals surface area contributed by atoms with Crippen LogP contribution in [0.4, 0.5) is 39.5 Å². The Hall–Kier alpha value is -9.86. The number of allylic oxidation sites excluding steroid dienone is 6. The van der Waals surface area contributed by atoms with Crippen molar-refractivity contribution in [3.05, 3.63) is 304 Å². The predicted molar refractivity (Wildman–Crippen MR) is 412 cm³/mol. The van der Waals surface area contributed by atoms with E-state index in [9.17, 15) is 29.0 Å². The smallest absolute Gasteiger partial charge is 0.335 e. The lowest BCUT2D eigenvalue weighted by molar-refractivity contribution is -0.146. The lowest BCUT2D eigenvalue weighted by Gasteiger charge is -2.48. The minimum absolute atomic E-state index is 0.0299. The Bertz CT molecular complexity index is 4620. The average molecular weight is 1660 g/mol. The molecule has 3 aromatic heterocycles. The molecule has 3 aliphatic heterocycles. The molecule has 6 heterocycles. The van der Waals surface area contributed by atoms with E-state index in [4.69, 9.17) is 42.0 Å². The van der Waals surface area contributed by atoms with Crippen LogP contribution in [0.1, 0.15) is 70.8 Å². The molecule has 3 saturated heterocycles. The van der Waals surface area contributed by atoms with Crippen molar-refractivity contribution >= 4 is 62.1 Å². The lowest BCUT2D eigenvalue weighted by atomic mass is 9.90. The maximum absolute atomic E-state index is 18.0. The Morgan fingerprint density at radius 2 is 0.687 bits per heavy atom. The molecule has 9 aromatic rings. The SMILES string of the molecule is C[C@@H](S[C@H]1CO[C@H](/C=C/C=C/c2ccc(C#N)cc2F)OC1)[C@@](Cn1cncn1)(OP(O[C@@](Cn1cncn1)(c1ccc(F)cc1F)[C@@H](C)S[C@H]1CO[C@H](/C=C/C=C/c2ccc(C#N)cc2F)OC1)O[C@@](Cn1cncn1)(c1ccc(F)cc1F)[C@@H](C)S[C@H]1CO[C@H](/C=C/C=C/c2ccc(C#N)cc2F)OC1)c1ccc(F)cc1F. The van der Waals surface area contributed by atoms with Crippen molar-refractivity contribution in [2.75, 3.05) is 39.6 Å². The number of aromatic nitrogens is 9. The van der Waals surface area contributed by atoms with Crippen molar-refractivity contribution in [2.45, 2.75) is 108 Å². The first-order valence-electron chi connectivity index (χ1n) is 35.6. The van der Waals surface area contributed by atoms with Crippen LogP contribution in [0.5, 0.6) is 0 Å². The van der Waals surface area contributed by atoms with E-state index >= 15 is 26.3 Å². The largest absolute Gasteiger partial charge is 0.348 e. The number of hydrogen-bond acceptors (Lipinski definition) is 21. The van der Waals surface area contributed by atoms with Gasteiger partial charge in [-0.2, -0.15) is 31.1 Å². The van der Waals surface area contributed by atoms with Crippen LogP contribution in [0, 0.1) is 86.3 Å². The number of nitrogens with zero attached hydrogens (tertiary/aromatic N) is 12. The molecule has 6 aromatic carbocycles. The molecule has 596 valence electrons. The average Bonchev–Trinajstić information content (AvgIpc) is 1.30. The van der Waals surface area contributed by atoms with Crippen molar-refractivity contribution in [2.24, 2.45) is 0 Å².